The van der Waals surface area contributed by atoms with Gasteiger partial charge in [0.2, 0.25) is 5.60 Å². The number of hydrogen-bond donors (Lipinski definition) is 0. The van der Waals surface area contributed by atoms with Crippen molar-refractivity contribution in [2.45, 2.75) is 30.3 Å². The van der Waals surface area contributed by atoms with Gasteiger partial charge in [0.1, 0.15) is 0 Å². The van der Waals surface area contributed by atoms with Crippen LogP contribution in [0.3, 0.4) is 0 Å². The molecule has 4 atom stereocenters. The molecule has 0 radical (unpaired) electrons. The molecule has 1 saturated heterocycles. The fraction of sp³-hybridized carbons (Fsp3) is 0.171. The first kappa shape index (κ1) is 34.2. The number of benzene rings is 5. The smallest absolute Gasteiger partial charge is 0.346 e. The zero-order chi connectivity index (χ0) is 35.2. The van der Waals surface area contributed by atoms with E-state index in [2.05, 4.69) is 91.3 Å². The van der Waals surface area contributed by atoms with Gasteiger partial charge in [0.05, 0.1) is 18.2 Å². The van der Waals surface area contributed by atoms with Crippen LogP contribution in [0.1, 0.15) is 46.7 Å². The van der Waals surface area contributed by atoms with Gasteiger partial charge in [-0.05, 0) is 83.4 Å². The van der Waals surface area contributed by atoms with E-state index in [1.165, 1.54) is 5.56 Å². The van der Waals surface area contributed by atoms with Gasteiger partial charge in [-0.3, -0.25) is 4.90 Å². The van der Waals surface area contributed by atoms with Gasteiger partial charge in [-0.2, -0.15) is 0 Å². The van der Waals surface area contributed by atoms with Gasteiger partial charge in [0.15, 0.2) is 0 Å². The Balaban J connectivity index is 1.38. The van der Waals surface area contributed by atoms with E-state index in [1.54, 1.807) is 0 Å². The average molecular weight is 844 g/mol. The van der Waals surface area contributed by atoms with E-state index >= 15 is 0 Å². The SMILES string of the molecule is C[C@H](c1ccccc1)N1C/C(=C\c2ccccc2Br)[C@@]2(ON=C(c3ccc(Cl)cc3)O2)[C@@]2(C1)ON=C(c1ccc(Cl)cc1)[C@@H]2c1ccccc1Br. The standard InChI is InChI=1S/C41H31Br2Cl2N3O3/c1-26(27-9-3-2-4-10-27)48-24-31(23-30-11-5-7-13-35(30)42)41(49-39(47-51-41)29-17-21-33(45)22-18-29)40(25-48)37(34-12-6-8-14-36(34)43)38(46-50-40)28-15-19-32(44)20-16-28/h2-23,26,37H,24-25H2,1H3/b31-23+/t26-,37+,40+,41-/m1/s1. The van der Waals surface area contributed by atoms with E-state index in [9.17, 15) is 0 Å². The molecular weight excluding hydrogens is 813 g/mol. The van der Waals surface area contributed by atoms with E-state index in [0.717, 1.165) is 42.5 Å². The molecule has 0 amide bonds. The molecule has 0 bridgehead atoms. The van der Waals surface area contributed by atoms with E-state index in [-0.39, 0.29) is 6.04 Å². The molecule has 3 heterocycles. The minimum Gasteiger partial charge on any atom is -0.422 e. The Bertz CT molecular complexity index is 2180. The van der Waals surface area contributed by atoms with Gasteiger partial charge in [-0.1, -0.05) is 139 Å². The summed E-state index contributed by atoms with van der Waals surface area (Å²) in [5.41, 5.74) is 4.93. The highest BCUT2D eigenvalue weighted by Crippen LogP contribution is 2.57. The minimum atomic E-state index is -1.55. The second kappa shape index (κ2) is 13.9. The van der Waals surface area contributed by atoms with Crippen molar-refractivity contribution < 1.29 is 14.4 Å². The summed E-state index contributed by atoms with van der Waals surface area (Å²) in [5.74, 6) is -1.73. The third-order valence-corrected chi connectivity index (χ3v) is 11.8. The molecule has 3 aliphatic heterocycles. The third-order valence-electron chi connectivity index (χ3n) is 9.85. The lowest BCUT2D eigenvalue weighted by Crippen LogP contribution is -2.70. The second-order valence-electron chi connectivity index (χ2n) is 12.8. The van der Waals surface area contributed by atoms with Gasteiger partial charge in [-0.25, -0.2) is 0 Å². The topological polar surface area (TPSA) is 55.7 Å². The molecule has 5 aromatic carbocycles. The predicted octanol–water partition coefficient (Wildman–Crippen LogP) is 11.0. The Hall–Kier alpha value is -3.92. The van der Waals surface area contributed by atoms with Crippen LogP contribution in [0.5, 0.6) is 0 Å². The maximum absolute atomic E-state index is 7.15. The Morgan fingerprint density at radius 1 is 0.745 bits per heavy atom. The molecule has 1 fully saturated rings. The maximum Gasteiger partial charge on any atom is 0.346 e. The van der Waals surface area contributed by atoms with Crippen LogP contribution in [0.2, 0.25) is 10.0 Å². The van der Waals surface area contributed by atoms with Crippen LogP contribution in [0.15, 0.2) is 152 Å². The average Bonchev–Trinajstić information content (AvgIpc) is 3.76. The fourth-order valence-electron chi connectivity index (χ4n) is 7.24. The summed E-state index contributed by atoms with van der Waals surface area (Å²) >= 11 is 20.3. The van der Waals surface area contributed by atoms with Crippen molar-refractivity contribution in [3.63, 3.8) is 0 Å². The summed E-state index contributed by atoms with van der Waals surface area (Å²) < 4.78 is 8.98. The van der Waals surface area contributed by atoms with Crippen molar-refractivity contribution in [3.05, 3.63) is 180 Å². The molecule has 0 aliphatic carbocycles. The van der Waals surface area contributed by atoms with Crippen LogP contribution < -0.4 is 0 Å². The number of halogens is 4. The molecular formula is C41H31Br2Cl2N3O3. The molecule has 8 rings (SSSR count). The van der Waals surface area contributed by atoms with Crippen LogP contribution in [0.25, 0.3) is 6.08 Å². The third kappa shape index (κ3) is 6.11. The Labute approximate surface area is 323 Å². The van der Waals surface area contributed by atoms with E-state index in [1.807, 2.05) is 91.0 Å². The Kier molecular flexibility index (Phi) is 9.32. The summed E-state index contributed by atoms with van der Waals surface area (Å²) in [4.78, 5) is 16.1. The first-order valence-corrected chi connectivity index (χ1v) is 18.8. The number of nitrogens with zero attached hydrogens (tertiary/aromatic N) is 3. The summed E-state index contributed by atoms with van der Waals surface area (Å²) in [6.07, 6.45) is 2.12. The number of oxime groups is 2. The summed E-state index contributed by atoms with van der Waals surface area (Å²) in [6, 6.07) is 41.7. The largest absolute Gasteiger partial charge is 0.422 e. The molecule has 2 spiro atoms. The highest BCUT2D eigenvalue weighted by atomic mass is 79.9. The fourth-order valence-corrected chi connectivity index (χ4v) is 8.40. The van der Waals surface area contributed by atoms with Crippen LogP contribution in [0.4, 0.5) is 0 Å². The zero-order valence-electron chi connectivity index (χ0n) is 27.3. The lowest BCUT2D eigenvalue weighted by Gasteiger charge is -2.52. The van der Waals surface area contributed by atoms with E-state index < -0.39 is 17.3 Å². The maximum atomic E-state index is 7.15. The molecule has 0 aromatic heterocycles. The van der Waals surface area contributed by atoms with Crippen molar-refractivity contribution in [3.8, 4) is 0 Å². The zero-order valence-corrected chi connectivity index (χ0v) is 32.0. The highest BCUT2D eigenvalue weighted by Gasteiger charge is 2.74. The van der Waals surface area contributed by atoms with Gasteiger partial charge in [0.25, 0.3) is 5.90 Å². The number of likely N-dealkylation sites (tertiary alicyclic amines) is 1. The van der Waals surface area contributed by atoms with Crippen molar-refractivity contribution in [2.24, 2.45) is 10.3 Å². The number of ether oxygens (including phenoxy) is 1. The number of rotatable bonds is 6. The molecule has 6 nitrogen and oxygen atoms in total. The summed E-state index contributed by atoms with van der Waals surface area (Å²) in [5, 5.41) is 10.8. The molecule has 5 aromatic rings. The lowest BCUT2D eigenvalue weighted by atomic mass is 9.68. The molecule has 0 unspecified atom stereocenters. The van der Waals surface area contributed by atoms with Gasteiger partial charge >= 0.3 is 5.79 Å². The van der Waals surface area contributed by atoms with Gasteiger partial charge in [-0.15, -0.1) is 0 Å². The highest BCUT2D eigenvalue weighted by molar-refractivity contribution is 9.10. The van der Waals surface area contributed by atoms with Crippen molar-refractivity contribution in [2.75, 3.05) is 13.1 Å². The predicted molar refractivity (Wildman–Crippen MR) is 210 cm³/mol. The van der Waals surface area contributed by atoms with Crippen molar-refractivity contribution in [1.29, 1.82) is 0 Å². The second-order valence-corrected chi connectivity index (χ2v) is 15.4. The molecule has 0 N–H and O–H groups in total. The number of hydrogen-bond acceptors (Lipinski definition) is 6. The van der Waals surface area contributed by atoms with E-state index in [4.69, 9.17) is 42.8 Å². The van der Waals surface area contributed by atoms with E-state index in [0.29, 0.717) is 29.0 Å². The normalized spacial score (nSPS) is 24.2. The summed E-state index contributed by atoms with van der Waals surface area (Å²) in [7, 11) is 0. The quantitative estimate of drug-likeness (QED) is 0.171. The van der Waals surface area contributed by atoms with Gasteiger partial charge < -0.3 is 14.4 Å². The van der Waals surface area contributed by atoms with Crippen molar-refractivity contribution in [1.82, 2.24) is 4.90 Å². The molecule has 0 saturated carbocycles. The Morgan fingerprint density at radius 2 is 1.37 bits per heavy atom. The first-order chi connectivity index (χ1) is 24.8. The Morgan fingerprint density at radius 3 is 2.06 bits per heavy atom. The lowest BCUT2D eigenvalue weighted by molar-refractivity contribution is -0.279. The van der Waals surface area contributed by atoms with Crippen LogP contribution in [0, 0.1) is 0 Å². The molecule has 10 heteroatoms. The molecule has 51 heavy (non-hydrogen) atoms. The first-order valence-electron chi connectivity index (χ1n) is 16.5. The van der Waals surface area contributed by atoms with Crippen LogP contribution in [-0.4, -0.2) is 41.0 Å². The van der Waals surface area contributed by atoms with Crippen molar-refractivity contribution >= 4 is 72.7 Å². The van der Waals surface area contributed by atoms with Gasteiger partial charge in [0, 0.05) is 48.3 Å². The number of piperidine rings is 1. The van der Waals surface area contributed by atoms with Crippen LogP contribution >= 0.6 is 55.1 Å². The summed E-state index contributed by atoms with van der Waals surface area (Å²) in [6.45, 7) is 3.09. The monoisotopic (exact) mass is 841 g/mol. The minimum absolute atomic E-state index is 0.0101. The molecule has 256 valence electrons. The van der Waals surface area contributed by atoms with Crippen LogP contribution in [-0.2, 0) is 14.4 Å². The number of fused-ring (bicyclic) bond motifs is 1. The molecule has 3 aliphatic rings.